The molecule has 2 heterocycles. The van der Waals surface area contributed by atoms with Gasteiger partial charge in [0.25, 0.3) is 0 Å². The molecule has 0 aliphatic heterocycles. The van der Waals surface area contributed by atoms with Crippen LogP contribution in [0, 0.1) is 30.1 Å². The van der Waals surface area contributed by atoms with Crippen LogP contribution in [0.15, 0.2) is 55.0 Å². The van der Waals surface area contributed by atoms with Gasteiger partial charge in [-0.05, 0) is 42.7 Å². The second kappa shape index (κ2) is 6.60. The van der Waals surface area contributed by atoms with Crippen LogP contribution < -0.4 is 0 Å². The average molecular weight is 298 g/mol. The number of imidazole rings is 1. The third kappa shape index (κ3) is 3.64. The molecule has 0 saturated heterocycles. The molecule has 0 spiro atoms. The van der Waals surface area contributed by atoms with Crippen molar-refractivity contribution in [1.29, 1.82) is 5.26 Å². The Kier molecular flexibility index (Phi) is 4.18. The van der Waals surface area contributed by atoms with Gasteiger partial charge in [-0.1, -0.05) is 18.1 Å². The van der Waals surface area contributed by atoms with Gasteiger partial charge in [0.2, 0.25) is 0 Å². The lowest BCUT2D eigenvalue weighted by molar-refractivity contribution is 0.758. The molecule has 3 aromatic rings. The highest BCUT2D eigenvalue weighted by molar-refractivity contribution is 5.44. The number of aromatic nitrogens is 3. The van der Waals surface area contributed by atoms with Crippen molar-refractivity contribution >= 4 is 0 Å². The van der Waals surface area contributed by atoms with Crippen LogP contribution in [0.2, 0.25) is 0 Å². The first-order valence-corrected chi connectivity index (χ1v) is 7.19. The molecule has 0 aliphatic carbocycles. The van der Waals surface area contributed by atoms with Gasteiger partial charge in [0.15, 0.2) is 0 Å². The van der Waals surface area contributed by atoms with Crippen LogP contribution in [0.25, 0.3) is 0 Å². The Morgan fingerprint density at radius 1 is 1.13 bits per heavy atom. The number of hydrogen-bond donors (Lipinski definition) is 0. The Labute approximate surface area is 135 Å². The summed E-state index contributed by atoms with van der Waals surface area (Å²) in [4.78, 5) is 8.59. The van der Waals surface area contributed by atoms with E-state index in [1.54, 1.807) is 18.3 Å². The molecule has 1 aromatic carbocycles. The number of benzene rings is 1. The Bertz CT molecular complexity index is 921. The highest BCUT2D eigenvalue weighted by Gasteiger charge is 2.03. The highest BCUT2D eigenvalue weighted by Crippen LogP contribution is 2.07. The van der Waals surface area contributed by atoms with E-state index in [0.29, 0.717) is 11.3 Å². The van der Waals surface area contributed by atoms with Crippen LogP contribution in [-0.2, 0) is 6.54 Å². The predicted molar refractivity (Wildman–Crippen MR) is 87.4 cm³/mol. The second-order valence-corrected chi connectivity index (χ2v) is 5.11. The van der Waals surface area contributed by atoms with Crippen LogP contribution in [0.4, 0.5) is 0 Å². The molecule has 3 rings (SSSR count). The minimum atomic E-state index is 0.607. The Morgan fingerprint density at radius 2 is 2.00 bits per heavy atom. The lowest BCUT2D eigenvalue weighted by Crippen LogP contribution is -2.00. The molecular formula is C19H14N4. The van der Waals surface area contributed by atoms with Crippen molar-refractivity contribution in [3.05, 3.63) is 83.2 Å². The quantitative estimate of drug-likeness (QED) is 0.684. The topological polar surface area (TPSA) is 54.5 Å². The van der Waals surface area contributed by atoms with E-state index in [-0.39, 0.29) is 0 Å². The van der Waals surface area contributed by atoms with E-state index in [2.05, 4.69) is 27.9 Å². The van der Waals surface area contributed by atoms with E-state index >= 15 is 0 Å². The van der Waals surface area contributed by atoms with Crippen LogP contribution in [0.1, 0.15) is 28.2 Å². The van der Waals surface area contributed by atoms with Crippen LogP contribution in [0.5, 0.6) is 0 Å². The Balaban J connectivity index is 1.82. The third-order valence-electron chi connectivity index (χ3n) is 3.38. The van der Waals surface area contributed by atoms with Crippen molar-refractivity contribution < 1.29 is 0 Å². The SMILES string of the molecule is Cc1nc(C#Cc2cccc(C#N)c2)cn1Cc1cccnc1. The lowest BCUT2D eigenvalue weighted by Gasteiger charge is -2.03. The first-order valence-electron chi connectivity index (χ1n) is 7.19. The van der Waals surface area contributed by atoms with Gasteiger partial charge in [-0.25, -0.2) is 4.98 Å². The summed E-state index contributed by atoms with van der Waals surface area (Å²) in [6, 6.07) is 13.3. The molecule has 4 heteroatoms. The van der Waals surface area contributed by atoms with Crippen molar-refractivity contribution in [1.82, 2.24) is 14.5 Å². The van der Waals surface area contributed by atoms with Crippen molar-refractivity contribution in [3.8, 4) is 17.9 Å². The maximum Gasteiger partial charge on any atom is 0.131 e. The van der Waals surface area contributed by atoms with E-state index < -0.39 is 0 Å². The molecule has 0 radical (unpaired) electrons. The summed E-state index contributed by atoms with van der Waals surface area (Å²) in [5.74, 6) is 7.01. The van der Waals surface area contributed by atoms with Gasteiger partial charge in [0.05, 0.1) is 18.2 Å². The molecule has 0 N–H and O–H groups in total. The van der Waals surface area contributed by atoms with Crippen LogP contribution >= 0.6 is 0 Å². The standard InChI is InChI=1S/C19H14N4/c1-15-22-19(8-7-16-4-2-5-17(10-16)11-20)14-23(15)13-18-6-3-9-21-12-18/h2-6,9-10,12,14H,13H2,1H3. The van der Waals surface area contributed by atoms with Crippen LogP contribution in [0.3, 0.4) is 0 Å². The van der Waals surface area contributed by atoms with Gasteiger partial charge in [-0.2, -0.15) is 5.26 Å². The number of pyridine rings is 1. The number of hydrogen-bond acceptors (Lipinski definition) is 3. The molecule has 0 unspecified atom stereocenters. The van der Waals surface area contributed by atoms with E-state index in [1.807, 2.05) is 48.1 Å². The molecule has 0 bridgehead atoms. The number of nitrogens with zero attached hydrogens (tertiary/aromatic N) is 4. The summed E-state index contributed by atoms with van der Waals surface area (Å²) in [6.45, 7) is 2.68. The number of nitriles is 1. The van der Waals surface area contributed by atoms with Crippen molar-refractivity contribution in [3.63, 3.8) is 0 Å². The van der Waals surface area contributed by atoms with Crippen LogP contribution in [-0.4, -0.2) is 14.5 Å². The fourth-order valence-corrected chi connectivity index (χ4v) is 2.22. The lowest BCUT2D eigenvalue weighted by atomic mass is 10.1. The molecule has 0 aliphatic rings. The summed E-state index contributed by atoms with van der Waals surface area (Å²) < 4.78 is 2.05. The maximum atomic E-state index is 8.91. The van der Waals surface area contributed by atoms with Gasteiger partial charge < -0.3 is 4.57 Å². The number of rotatable bonds is 2. The first-order chi connectivity index (χ1) is 11.2. The zero-order valence-electron chi connectivity index (χ0n) is 12.7. The van der Waals surface area contributed by atoms with E-state index in [4.69, 9.17) is 5.26 Å². The van der Waals surface area contributed by atoms with Gasteiger partial charge in [-0.3, -0.25) is 4.98 Å². The van der Waals surface area contributed by atoms with E-state index in [9.17, 15) is 0 Å². The molecule has 2 aromatic heterocycles. The predicted octanol–water partition coefficient (Wildman–Crippen LogP) is 2.91. The first kappa shape index (κ1) is 14.6. The molecular weight excluding hydrogens is 284 g/mol. The molecule has 0 atom stereocenters. The highest BCUT2D eigenvalue weighted by atomic mass is 15.1. The van der Waals surface area contributed by atoms with Gasteiger partial charge >= 0.3 is 0 Å². The summed E-state index contributed by atoms with van der Waals surface area (Å²) >= 11 is 0. The monoisotopic (exact) mass is 298 g/mol. The summed E-state index contributed by atoms with van der Waals surface area (Å²) in [5, 5.41) is 8.91. The second-order valence-electron chi connectivity index (χ2n) is 5.11. The maximum absolute atomic E-state index is 8.91. The van der Waals surface area contributed by atoms with E-state index in [0.717, 1.165) is 23.5 Å². The molecule has 0 fully saturated rings. The van der Waals surface area contributed by atoms with Gasteiger partial charge in [0, 0.05) is 24.2 Å². The zero-order valence-corrected chi connectivity index (χ0v) is 12.7. The van der Waals surface area contributed by atoms with Crippen molar-refractivity contribution in [2.75, 3.05) is 0 Å². The van der Waals surface area contributed by atoms with Gasteiger partial charge in [0.1, 0.15) is 11.5 Å². The van der Waals surface area contributed by atoms with Crippen molar-refractivity contribution in [2.24, 2.45) is 0 Å². The summed E-state index contributed by atoms with van der Waals surface area (Å²) in [6.07, 6.45) is 5.54. The molecule has 4 nitrogen and oxygen atoms in total. The summed E-state index contributed by atoms with van der Waals surface area (Å²) in [7, 11) is 0. The molecule has 0 amide bonds. The smallest absolute Gasteiger partial charge is 0.131 e. The minimum Gasteiger partial charge on any atom is -0.329 e. The Hall–Kier alpha value is -3.37. The van der Waals surface area contributed by atoms with Crippen molar-refractivity contribution in [2.45, 2.75) is 13.5 Å². The summed E-state index contributed by atoms with van der Waals surface area (Å²) in [5.41, 5.74) is 3.25. The molecule has 110 valence electrons. The normalized spacial score (nSPS) is 9.74. The fourth-order valence-electron chi connectivity index (χ4n) is 2.22. The molecule has 0 saturated carbocycles. The Morgan fingerprint density at radius 3 is 2.78 bits per heavy atom. The fraction of sp³-hybridized carbons (Fsp3) is 0.105. The van der Waals surface area contributed by atoms with Gasteiger partial charge in [-0.15, -0.1) is 0 Å². The third-order valence-corrected chi connectivity index (χ3v) is 3.38. The molecule has 23 heavy (non-hydrogen) atoms. The van der Waals surface area contributed by atoms with E-state index in [1.165, 1.54) is 0 Å². The zero-order chi connectivity index (χ0) is 16.1. The average Bonchev–Trinajstić information content (AvgIpc) is 2.94. The largest absolute Gasteiger partial charge is 0.329 e. The number of aryl methyl sites for hydroxylation is 1. The minimum absolute atomic E-state index is 0.607.